The van der Waals surface area contributed by atoms with Crippen molar-refractivity contribution in [3.8, 4) is 0 Å². The van der Waals surface area contributed by atoms with Gasteiger partial charge in [-0.15, -0.1) is 0 Å². The Balaban J connectivity index is 0.828. The molecule has 3 saturated carbocycles. The van der Waals surface area contributed by atoms with Gasteiger partial charge in [0.1, 0.15) is 85.5 Å². The highest BCUT2D eigenvalue weighted by molar-refractivity contribution is 5.25. The fourth-order valence-electron chi connectivity index (χ4n) is 14.6. The van der Waals surface area contributed by atoms with Crippen molar-refractivity contribution >= 4 is 0 Å². The standard InChI is InChI=1S/C50H82O22/c1-20(19-64-45-40(60)38(58)35(55)30(16-51)67-45)10-13-50(63-5)21(2)33-26-8-9-28-25(27(26)15-29(33)72-50)7-6-23-14-24(11-12-49(23,28)4)66-48-42(62)44(71-46-41(61)37(57)34(54)22(3)65-46)43(32(18-53)69-48)70-47-39(59)36(56)31(17-52)68-47/h6,20-22,24-48,51-62H,7-19H2,1-5H3/t20-,21+,22+,24+,25+,26?,27+,28+,29+,30-,31+,32+,33?,34+,35-,36+,37-,38+,39-,40-,41-,42+,43+,44+,45-,46+,47+,48+,49+,50+/m1/s1. The average molecular weight is 1040 g/mol. The van der Waals surface area contributed by atoms with E-state index in [1.165, 1.54) is 12.5 Å². The van der Waals surface area contributed by atoms with Crippen LogP contribution in [0.1, 0.15) is 85.5 Å². The maximum Gasteiger partial charge on any atom is 0.187 e. The Kier molecular flexibility index (Phi) is 17.2. The predicted octanol–water partition coefficient (Wildman–Crippen LogP) is -2.10. The van der Waals surface area contributed by atoms with E-state index >= 15 is 0 Å². The van der Waals surface area contributed by atoms with Crippen molar-refractivity contribution in [3.05, 3.63) is 11.6 Å². The molecule has 2 unspecified atom stereocenters. The third kappa shape index (κ3) is 10.0. The van der Waals surface area contributed by atoms with Crippen molar-refractivity contribution < 1.29 is 109 Å². The van der Waals surface area contributed by atoms with E-state index in [0.29, 0.717) is 55.3 Å². The highest BCUT2D eigenvalue weighted by Crippen LogP contribution is 2.66. The summed E-state index contributed by atoms with van der Waals surface area (Å²) in [6, 6.07) is 0. The van der Waals surface area contributed by atoms with Gasteiger partial charge in [0.05, 0.1) is 44.7 Å². The van der Waals surface area contributed by atoms with Gasteiger partial charge in [0, 0.05) is 19.4 Å². The summed E-state index contributed by atoms with van der Waals surface area (Å²) in [6.45, 7) is 6.51. The molecule has 0 aromatic carbocycles. The lowest BCUT2D eigenvalue weighted by atomic mass is 9.50. The normalized spacial score (nSPS) is 53.8. The summed E-state index contributed by atoms with van der Waals surface area (Å²) < 4.78 is 60.9. The van der Waals surface area contributed by atoms with Gasteiger partial charge in [0.15, 0.2) is 30.9 Å². The lowest BCUT2D eigenvalue weighted by molar-refractivity contribution is -0.376. The SMILES string of the molecule is CO[C@@]1(CC[C@@H](C)CO[C@@H]2O[C@H](CO)[C@@H](O)[C@H](O)[C@H]2O)O[C@H]2C[C@@H]3C(CC[C@H]4[C@H]3CC=C3C[C@@H](O[C@H]5O[C@@H](CO)[C@H](O[C@@H]6O[C@@H](CO)[C@H](O)[C@H]6O)[C@@H](O[C@@H]6O[C@@H](C)[C@H](O)[C@@H](O)[C@H]6O)[C@@H]5O)CC[C@@]34C)C2[C@@H]1C. The summed E-state index contributed by atoms with van der Waals surface area (Å²) >= 11 is 0. The minimum Gasteiger partial charge on any atom is -0.394 e. The molecule has 9 aliphatic rings. The van der Waals surface area contributed by atoms with Crippen molar-refractivity contribution in [3.63, 3.8) is 0 Å². The summed E-state index contributed by atoms with van der Waals surface area (Å²) in [7, 11) is 1.72. The fraction of sp³-hybridized carbons (Fsp3) is 0.960. The van der Waals surface area contributed by atoms with Crippen molar-refractivity contribution in [2.75, 3.05) is 33.5 Å². The van der Waals surface area contributed by atoms with E-state index in [1.54, 1.807) is 7.11 Å². The van der Waals surface area contributed by atoms with Gasteiger partial charge in [-0.1, -0.05) is 32.4 Å². The van der Waals surface area contributed by atoms with E-state index in [2.05, 4.69) is 19.9 Å². The molecule has 0 aromatic heterocycles. The van der Waals surface area contributed by atoms with Crippen molar-refractivity contribution in [1.29, 1.82) is 0 Å². The Morgan fingerprint density at radius 1 is 0.653 bits per heavy atom. The van der Waals surface area contributed by atoms with Crippen LogP contribution in [-0.2, 0) is 47.4 Å². The molecular weight excluding hydrogens is 953 g/mol. The zero-order valence-electron chi connectivity index (χ0n) is 41.9. The van der Waals surface area contributed by atoms with E-state index in [9.17, 15) is 61.3 Å². The van der Waals surface area contributed by atoms with E-state index in [-0.39, 0.29) is 30.0 Å². The number of methoxy groups -OCH3 is 1. The van der Waals surface area contributed by atoms with Crippen molar-refractivity contribution in [2.45, 2.75) is 220 Å². The summed E-state index contributed by atoms with van der Waals surface area (Å²) in [5.74, 6) is 1.65. The zero-order valence-corrected chi connectivity index (χ0v) is 41.9. The molecular formula is C50H82O22. The van der Waals surface area contributed by atoms with Gasteiger partial charge in [-0.25, -0.2) is 0 Å². The van der Waals surface area contributed by atoms with Crippen LogP contribution in [0, 0.1) is 46.8 Å². The molecule has 0 bridgehead atoms. The highest BCUT2D eigenvalue weighted by Gasteiger charge is 2.64. The van der Waals surface area contributed by atoms with Crippen LogP contribution in [0.4, 0.5) is 0 Å². The van der Waals surface area contributed by atoms with Gasteiger partial charge in [-0.2, -0.15) is 0 Å². The second-order valence-electron chi connectivity index (χ2n) is 22.8. The first kappa shape index (κ1) is 55.6. The number of fused-ring (bicyclic) bond motifs is 7. The third-order valence-electron chi connectivity index (χ3n) is 18.8. The highest BCUT2D eigenvalue weighted by atomic mass is 16.8. The number of aliphatic hydroxyl groups excluding tert-OH is 12. The van der Waals surface area contributed by atoms with E-state index in [1.807, 2.05) is 6.92 Å². The monoisotopic (exact) mass is 1030 g/mol. The van der Waals surface area contributed by atoms with Gasteiger partial charge in [0.25, 0.3) is 0 Å². The van der Waals surface area contributed by atoms with E-state index in [0.717, 1.165) is 32.1 Å². The minimum atomic E-state index is -1.76. The molecule has 5 heterocycles. The summed E-state index contributed by atoms with van der Waals surface area (Å²) in [5.41, 5.74) is 1.22. The lowest BCUT2D eigenvalue weighted by Gasteiger charge is -2.56. The zero-order chi connectivity index (χ0) is 51.7. The number of hydrogen-bond acceptors (Lipinski definition) is 22. The second-order valence-corrected chi connectivity index (χ2v) is 22.8. The molecule has 0 spiro atoms. The molecule has 414 valence electrons. The Bertz CT molecular complexity index is 1830. The van der Waals surface area contributed by atoms with Crippen molar-refractivity contribution in [2.24, 2.45) is 46.8 Å². The van der Waals surface area contributed by atoms with Crippen LogP contribution in [0.2, 0.25) is 0 Å². The molecule has 22 heteroatoms. The number of rotatable bonds is 16. The molecule has 22 nitrogen and oxygen atoms in total. The second kappa shape index (κ2) is 22.3. The number of ether oxygens (including phenoxy) is 10. The first-order valence-electron chi connectivity index (χ1n) is 26.4. The largest absolute Gasteiger partial charge is 0.394 e. The van der Waals surface area contributed by atoms with Gasteiger partial charge >= 0.3 is 0 Å². The molecule has 5 saturated heterocycles. The quantitative estimate of drug-likeness (QED) is 0.0737. The molecule has 0 aromatic rings. The Labute approximate surface area is 420 Å². The van der Waals surface area contributed by atoms with Crippen LogP contribution >= 0.6 is 0 Å². The third-order valence-corrected chi connectivity index (χ3v) is 18.8. The maximum absolute atomic E-state index is 12.0. The molecule has 5 aliphatic heterocycles. The smallest absolute Gasteiger partial charge is 0.187 e. The Morgan fingerprint density at radius 3 is 1.94 bits per heavy atom. The first-order chi connectivity index (χ1) is 34.3. The molecule has 12 N–H and O–H groups in total. The molecule has 8 fully saturated rings. The van der Waals surface area contributed by atoms with Crippen LogP contribution in [0.15, 0.2) is 11.6 Å². The average Bonchev–Trinajstić information content (AvgIpc) is 3.98. The van der Waals surface area contributed by atoms with Crippen LogP contribution < -0.4 is 0 Å². The molecule has 4 aliphatic carbocycles. The van der Waals surface area contributed by atoms with Crippen LogP contribution in [-0.4, -0.2) is 230 Å². The molecule has 9 rings (SSSR count). The predicted molar refractivity (Wildman–Crippen MR) is 244 cm³/mol. The van der Waals surface area contributed by atoms with Gasteiger partial charge in [0.2, 0.25) is 0 Å². The molecule has 0 radical (unpaired) electrons. The maximum atomic E-state index is 12.0. The summed E-state index contributed by atoms with van der Waals surface area (Å²) in [5, 5.41) is 126. The van der Waals surface area contributed by atoms with Gasteiger partial charge in [-0.3, -0.25) is 0 Å². The number of allylic oxidation sites excluding steroid dienone is 1. The van der Waals surface area contributed by atoms with Gasteiger partial charge < -0.3 is 109 Å². The van der Waals surface area contributed by atoms with Crippen LogP contribution in [0.5, 0.6) is 0 Å². The molecule has 30 atom stereocenters. The molecule has 72 heavy (non-hydrogen) atoms. The van der Waals surface area contributed by atoms with Crippen LogP contribution in [0.3, 0.4) is 0 Å². The Morgan fingerprint density at radius 2 is 1.25 bits per heavy atom. The first-order valence-corrected chi connectivity index (χ1v) is 26.4. The van der Waals surface area contributed by atoms with Gasteiger partial charge in [-0.05, 0) is 99.2 Å². The van der Waals surface area contributed by atoms with Crippen LogP contribution in [0.25, 0.3) is 0 Å². The Hall–Kier alpha value is -1.14. The summed E-state index contributed by atoms with van der Waals surface area (Å²) in [4.78, 5) is 0. The van der Waals surface area contributed by atoms with E-state index < -0.39 is 148 Å². The van der Waals surface area contributed by atoms with Crippen molar-refractivity contribution in [1.82, 2.24) is 0 Å². The molecule has 0 amide bonds. The topological polar surface area (TPSA) is 335 Å². The summed E-state index contributed by atoms with van der Waals surface area (Å²) in [6.07, 6.45) is -17.7. The fourth-order valence-corrected chi connectivity index (χ4v) is 14.6. The van der Waals surface area contributed by atoms with E-state index in [4.69, 9.17) is 47.4 Å². The minimum absolute atomic E-state index is 0.0165. The lowest BCUT2D eigenvalue weighted by Crippen LogP contribution is -2.65. The number of aliphatic hydroxyl groups is 12. The number of hydrogen-bond donors (Lipinski definition) is 12.